The molecule has 2 amide bonds. The number of methoxy groups -OCH3 is 2. The molecule has 8 nitrogen and oxygen atoms in total. The van der Waals surface area contributed by atoms with Gasteiger partial charge in [-0.25, -0.2) is 5.43 Å². The topological polar surface area (TPSA) is 92.3 Å². The van der Waals surface area contributed by atoms with E-state index in [1.54, 1.807) is 14.2 Å². The Hall–Kier alpha value is -4.17. The second kappa shape index (κ2) is 16.8. The molecule has 1 fully saturated rings. The van der Waals surface area contributed by atoms with Gasteiger partial charge in [0, 0.05) is 31.0 Å². The molecule has 48 heavy (non-hydrogen) atoms. The number of carbonyl (C=O) groups is 2. The number of fused-ring (bicyclic) bond motifs is 1. The molecular formula is C40H52N4O4. The Morgan fingerprint density at radius 2 is 1.60 bits per heavy atom. The lowest BCUT2D eigenvalue weighted by Crippen LogP contribution is -2.34. The van der Waals surface area contributed by atoms with Crippen LogP contribution in [-0.2, 0) is 29.0 Å². The summed E-state index contributed by atoms with van der Waals surface area (Å²) in [5.41, 5.74) is 9.46. The number of nitrogens with zero attached hydrogens (tertiary/aromatic N) is 2. The van der Waals surface area contributed by atoms with Crippen LogP contribution < -0.4 is 20.2 Å². The minimum absolute atomic E-state index is 0.0913. The van der Waals surface area contributed by atoms with Crippen molar-refractivity contribution in [1.82, 2.24) is 15.6 Å². The molecule has 1 aliphatic carbocycles. The van der Waals surface area contributed by atoms with Gasteiger partial charge < -0.3 is 14.8 Å². The quantitative estimate of drug-likeness (QED) is 0.194. The number of ether oxygens (including phenoxy) is 2. The molecule has 1 aliphatic heterocycles. The van der Waals surface area contributed by atoms with Gasteiger partial charge in [-0.2, -0.15) is 5.10 Å². The number of likely N-dealkylation sites (tertiary alicyclic amines) is 1. The van der Waals surface area contributed by atoms with E-state index in [1.165, 1.54) is 11.1 Å². The Kier molecular flexibility index (Phi) is 12.3. The molecule has 256 valence electrons. The van der Waals surface area contributed by atoms with Gasteiger partial charge in [0.2, 0.25) is 11.8 Å². The summed E-state index contributed by atoms with van der Waals surface area (Å²) in [5.74, 6) is 2.10. The van der Waals surface area contributed by atoms with E-state index in [4.69, 9.17) is 14.6 Å². The van der Waals surface area contributed by atoms with Gasteiger partial charge >= 0.3 is 0 Å². The fourth-order valence-corrected chi connectivity index (χ4v) is 7.08. The number of carbonyl (C=O) groups excluding carboxylic acids is 2. The summed E-state index contributed by atoms with van der Waals surface area (Å²) in [5, 5.41) is 7.65. The van der Waals surface area contributed by atoms with Crippen LogP contribution in [0.2, 0.25) is 0 Å². The number of piperidine rings is 1. The van der Waals surface area contributed by atoms with Crippen molar-refractivity contribution >= 4 is 17.5 Å². The van der Waals surface area contributed by atoms with E-state index in [1.807, 2.05) is 31.2 Å². The molecule has 0 saturated carbocycles. The number of hydrazone groups is 1. The zero-order valence-corrected chi connectivity index (χ0v) is 29.3. The van der Waals surface area contributed by atoms with Crippen molar-refractivity contribution in [2.45, 2.75) is 71.8 Å². The second-order valence-electron chi connectivity index (χ2n) is 13.8. The van der Waals surface area contributed by atoms with Gasteiger partial charge in [0.25, 0.3) is 0 Å². The molecule has 0 bridgehead atoms. The van der Waals surface area contributed by atoms with Gasteiger partial charge in [-0.1, -0.05) is 68.4 Å². The summed E-state index contributed by atoms with van der Waals surface area (Å²) in [6, 6.07) is 23.0. The van der Waals surface area contributed by atoms with Gasteiger partial charge in [0.1, 0.15) is 0 Å². The van der Waals surface area contributed by atoms with Gasteiger partial charge in [-0.3, -0.25) is 14.5 Å². The van der Waals surface area contributed by atoms with Gasteiger partial charge in [-0.05, 0) is 98.3 Å². The van der Waals surface area contributed by atoms with Crippen LogP contribution in [0.3, 0.4) is 0 Å². The fourth-order valence-electron chi connectivity index (χ4n) is 7.08. The maximum atomic E-state index is 12.9. The zero-order chi connectivity index (χ0) is 34.0. The Balaban J connectivity index is 1.17. The highest BCUT2D eigenvalue weighted by Gasteiger charge is 2.33. The Morgan fingerprint density at radius 3 is 2.27 bits per heavy atom. The Labute approximate surface area is 286 Å². The SMILES string of the molecule is COc1cc2c(cc1OC)/C(=N\NC(=O)CCNC(=O)C(C)c1ccc(CC(C)C)cc1)C(CC1CCN(Cc3ccccc3)CC1)C2. The number of rotatable bonds is 14. The van der Waals surface area contributed by atoms with Gasteiger partial charge in [0.15, 0.2) is 11.5 Å². The van der Waals surface area contributed by atoms with Crippen LogP contribution in [0.15, 0.2) is 71.8 Å². The van der Waals surface area contributed by atoms with E-state index in [-0.39, 0.29) is 36.6 Å². The molecule has 5 rings (SSSR count). The van der Waals surface area contributed by atoms with Gasteiger partial charge in [-0.15, -0.1) is 0 Å². The average Bonchev–Trinajstić information content (AvgIpc) is 3.42. The lowest BCUT2D eigenvalue weighted by atomic mass is 9.85. The van der Waals surface area contributed by atoms with Crippen LogP contribution in [0, 0.1) is 17.8 Å². The summed E-state index contributed by atoms with van der Waals surface area (Å²) >= 11 is 0. The highest BCUT2D eigenvalue weighted by molar-refractivity contribution is 6.07. The largest absolute Gasteiger partial charge is 0.493 e. The summed E-state index contributed by atoms with van der Waals surface area (Å²) in [7, 11) is 3.29. The maximum absolute atomic E-state index is 12.9. The molecular weight excluding hydrogens is 600 g/mol. The molecule has 0 radical (unpaired) electrons. The predicted octanol–water partition coefficient (Wildman–Crippen LogP) is 6.51. The van der Waals surface area contributed by atoms with Crippen molar-refractivity contribution in [3.05, 3.63) is 94.5 Å². The molecule has 1 saturated heterocycles. The van der Waals surface area contributed by atoms with Crippen molar-refractivity contribution in [2.24, 2.45) is 22.9 Å². The first-order valence-electron chi connectivity index (χ1n) is 17.5. The summed E-state index contributed by atoms with van der Waals surface area (Å²) in [6.07, 6.45) is 5.31. The van der Waals surface area contributed by atoms with E-state index in [9.17, 15) is 9.59 Å². The smallest absolute Gasteiger partial charge is 0.241 e. The summed E-state index contributed by atoms with van der Waals surface area (Å²) < 4.78 is 11.2. The lowest BCUT2D eigenvalue weighted by molar-refractivity contribution is -0.123. The van der Waals surface area contributed by atoms with Crippen molar-refractivity contribution in [3.63, 3.8) is 0 Å². The van der Waals surface area contributed by atoms with Crippen LogP contribution in [0.5, 0.6) is 11.5 Å². The minimum atomic E-state index is -0.297. The third kappa shape index (κ3) is 9.25. The average molecular weight is 653 g/mol. The molecule has 2 aliphatic rings. The van der Waals surface area contributed by atoms with E-state index in [0.29, 0.717) is 23.3 Å². The first-order valence-corrected chi connectivity index (χ1v) is 17.5. The van der Waals surface area contributed by atoms with Crippen molar-refractivity contribution in [3.8, 4) is 11.5 Å². The highest BCUT2D eigenvalue weighted by Crippen LogP contribution is 2.40. The molecule has 3 aromatic carbocycles. The van der Waals surface area contributed by atoms with E-state index >= 15 is 0 Å². The van der Waals surface area contributed by atoms with Crippen LogP contribution in [0.1, 0.15) is 80.2 Å². The first-order chi connectivity index (χ1) is 23.2. The predicted molar refractivity (Wildman–Crippen MR) is 192 cm³/mol. The number of hydrogen-bond donors (Lipinski definition) is 2. The fraction of sp³-hybridized carbons (Fsp3) is 0.475. The van der Waals surface area contributed by atoms with Crippen LogP contribution >= 0.6 is 0 Å². The monoisotopic (exact) mass is 652 g/mol. The van der Waals surface area contributed by atoms with Crippen molar-refractivity contribution in [1.29, 1.82) is 0 Å². The summed E-state index contributed by atoms with van der Waals surface area (Å²) in [4.78, 5) is 28.3. The van der Waals surface area contributed by atoms with Crippen LogP contribution in [0.4, 0.5) is 0 Å². The van der Waals surface area contributed by atoms with E-state index in [0.717, 1.165) is 74.1 Å². The third-order valence-electron chi connectivity index (χ3n) is 9.78. The molecule has 0 aromatic heterocycles. The standard InChI is InChI=1S/C40H52N4O4/c1-27(2)21-29-11-13-32(14-12-29)28(3)40(46)41-18-15-38(45)42-43-39-34(23-33-24-36(47-4)37(48-5)25-35(33)39)22-30-16-19-44(20-17-30)26-31-9-7-6-8-10-31/h6-14,24-25,27-28,30,34H,15-23,26H2,1-5H3,(H,41,46)(H,42,45)/b43-39-. The molecule has 2 atom stereocenters. The van der Waals surface area contributed by atoms with E-state index < -0.39 is 0 Å². The molecule has 8 heteroatoms. The maximum Gasteiger partial charge on any atom is 0.241 e. The second-order valence-corrected chi connectivity index (χ2v) is 13.8. The first kappa shape index (κ1) is 35.1. The van der Waals surface area contributed by atoms with E-state index in [2.05, 4.69) is 72.0 Å². The van der Waals surface area contributed by atoms with Crippen LogP contribution in [-0.4, -0.2) is 56.3 Å². The third-order valence-corrected chi connectivity index (χ3v) is 9.78. The van der Waals surface area contributed by atoms with Crippen LogP contribution in [0.25, 0.3) is 0 Å². The number of amides is 2. The summed E-state index contributed by atoms with van der Waals surface area (Å²) in [6.45, 7) is 9.69. The number of nitrogens with one attached hydrogen (secondary N) is 2. The Morgan fingerprint density at radius 1 is 0.917 bits per heavy atom. The normalized spacial score (nSPS) is 18.0. The molecule has 0 spiro atoms. The number of benzene rings is 3. The zero-order valence-electron chi connectivity index (χ0n) is 29.3. The Bertz CT molecular complexity index is 1550. The molecule has 2 unspecified atom stereocenters. The van der Waals surface area contributed by atoms with Crippen molar-refractivity contribution < 1.29 is 19.1 Å². The number of hydrogen-bond acceptors (Lipinski definition) is 6. The molecule has 2 N–H and O–H groups in total. The highest BCUT2D eigenvalue weighted by atomic mass is 16.5. The minimum Gasteiger partial charge on any atom is -0.493 e. The molecule has 1 heterocycles. The lowest BCUT2D eigenvalue weighted by Gasteiger charge is -2.33. The molecule has 3 aromatic rings. The van der Waals surface area contributed by atoms with Gasteiger partial charge in [0.05, 0.1) is 25.8 Å². The van der Waals surface area contributed by atoms with Crippen molar-refractivity contribution in [2.75, 3.05) is 33.9 Å².